The van der Waals surface area contributed by atoms with Gasteiger partial charge in [-0.15, -0.1) is 0 Å². The number of hydrogen-bond donors (Lipinski definition) is 0. The molecule has 0 unspecified atom stereocenters. The molecule has 0 aliphatic carbocycles. The zero-order valence-corrected chi connectivity index (χ0v) is 17.7. The number of rotatable bonds is 4. The fourth-order valence-corrected chi connectivity index (χ4v) is 5.05. The van der Waals surface area contributed by atoms with E-state index in [9.17, 15) is 32.9 Å². The number of halogens is 3. The fourth-order valence-electron chi connectivity index (χ4n) is 3.93. The Morgan fingerprint density at radius 2 is 1.78 bits per heavy atom. The predicted molar refractivity (Wildman–Crippen MR) is 112 cm³/mol. The summed E-state index contributed by atoms with van der Waals surface area (Å²) in [7, 11) is 0. The Morgan fingerprint density at radius 1 is 1.12 bits per heavy atom. The highest BCUT2D eigenvalue weighted by Crippen LogP contribution is 2.38. The molecule has 1 amide bonds. The van der Waals surface area contributed by atoms with Gasteiger partial charge >= 0.3 is 6.18 Å². The first kappa shape index (κ1) is 22.4. The van der Waals surface area contributed by atoms with Gasteiger partial charge < -0.3 is 9.80 Å². The number of anilines is 1. The molecule has 32 heavy (non-hydrogen) atoms. The third kappa shape index (κ3) is 4.53. The molecule has 172 valence electrons. The summed E-state index contributed by atoms with van der Waals surface area (Å²) < 4.78 is 39.2. The van der Waals surface area contributed by atoms with Crippen molar-refractivity contribution in [1.82, 2.24) is 14.8 Å². The predicted octanol–water partition coefficient (Wildman–Crippen LogP) is 2.33. The summed E-state index contributed by atoms with van der Waals surface area (Å²) in [6, 6.07) is 1.06. The van der Waals surface area contributed by atoms with Gasteiger partial charge in [-0.1, -0.05) is 11.3 Å². The van der Waals surface area contributed by atoms with E-state index in [0.717, 1.165) is 37.3 Å². The first-order chi connectivity index (χ1) is 15.1. The Labute approximate surface area is 184 Å². The van der Waals surface area contributed by atoms with E-state index in [1.807, 2.05) is 9.80 Å². The van der Waals surface area contributed by atoms with E-state index in [0.29, 0.717) is 44.9 Å². The van der Waals surface area contributed by atoms with Gasteiger partial charge in [0.15, 0.2) is 5.13 Å². The minimum Gasteiger partial charge on any atom is -0.345 e. The van der Waals surface area contributed by atoms with Crippen LogP contribution in [0.25, 0.3) is 10.1 Å². The molecule has 4 rings (SSSR count). The number of carbonyl (C=O) groups is 1. The molecule has 2 aromatic rings. The minimum atomic E-state index is -4.82. The van der Waals surface area contributed by atoms with Crippen LogP contribution >= 0.6 is 11.3 Å². The van der Waals surface area contributed by atoms with Gasteiger partial charge in [0.1, 0.15) is 4.70 Å². The van der Waals surface area contributed by atoms with E-state index in [4.69, 9.17) is 0 Å². The number of piperazine rings is 1. The Hall–Kier alpha value is -2.80. The molecule has 2 saturated heterocycles. The van der Waals surface area contributed by atoms with Crippen molar-refractivity contribution in [2.45, 2.75) is 19.0 Å². The van der Waals surface area contributed by atoms with Crippen molar-refractivity contribution in [3.05, 3.63) is 38.2 Å². The number of aromatic nitrogens is 1. The van der Waals surface area contributed by atoms with Crippen LogP contribution in [0, 0.1) is 10.1 Å². The number of nitro benzene ring substituents is 1. The van der Waals surface area contributed by atoms with Crippen LogP contribution in [-0.4, -0.2) is 71.4 Å². The van der Waals surface area contributed by atoms with Crippen LogP contribution in [0.4, 0.5) is 24.0 Å². The van der Waals surface area contributed by atoms with Crippen LogP contribution in [0.3, 0.4) is 0 Å². The van der Waals surface area contributed by atoms with Crippen LogP contribution in [0.15, 0.2) is 16.9 Å². The van der Waals surface area contributed by atoms with E-state index in [1.165, 1.54) is 0 Å². The summed E-state index contributed by atoms with van der Waals surface area (Å²) in [6.07, 6.45) is -2.79. The van der Waals surface area contributed by atoms with Crippen LogP contribution in [0.2, 0.25) is 0 Å². The number of carbonyl (C=O) groups excluding carboxylic acids is 1. The summed E-state index contributed by atoms with van der Waals surface area (Å²) in [6.45, 7) is 3.82. The van der Waals surface area contributed by atoms with Gasteiger partial charge in [-0.2, -0.15) is 18.2 Å². The van der Waals surface area contributed by atoms with E-state index < -0.39 is 33.3 Å². The number of non-ortho nitro benzene ring substituents is 1. The van der Waals surface area contributed by atoms with E-state index in [-0.39, 0.29) is 15.7 Å². The van der Waals surface area contributed by atoms with Crippen molar-refractivity contribution in [3.8, 4) is 0 Å². The summed E-state index contributed by atoms with van der Waals surface area (Å²) in [4.78, 5) is 44.8. The molecule has 3 heterocycles. The van der Waals surface area contributed by atoms with Gasteiger partial charge in [-0.3, -0.25) is 24.6 Å². The molecule has 0 spiro atoms. The highest BCUT2D eigenvalue weighted by atomic mass is 32.1. The first-order valence-corrected chi connectivity index (χ1v) is 10.9. The van der Waals surface area contributed by atoms with Crippen LogP contribution < -0.4 is 10.5 Å². The van der Waals surface area contributed by atoms with Gasteiger partial charge in [0.25, 0.3) is 11.2 Å². The summed E-state index contributed by atoms with van der Waals surface area (Å²) in [5.74, 6) is 0.0838. The SMILES string of the molecule is O=C(CN1CCN(c2nc(=O)c3cc(C(F)(F)F)cc([N+](=O)[O-])c3s2)CC1)N1CCCC1. The maximum Gasteiger partial charge on any atom is 0.416 e. The highest BCUT2D eigenvalue weighted by Gasteiger charge is 2.34. The van der Waals surface area contributed by atoms with Gasteiger partial charge in [0, 0.05) is 45.3 Å². The lowest BCUT2D eigenvalue weighted by molar-refractivity contribution is -0.383. The second-order valence-electron chi connectivity index (χ2n) is 7.78. The number of nitro groups is 1. The minimum absolute atomic E-state index is 0.0838. The Morgan fingerprint density at radius 3 is 2.38 bits per heavy atom. The molecule has 2 aliphatic heterocycles. The van der Waals surface area contributed by atoms with Crippen molar-refractivity contribution < 1.29 is 22.9 Å². The van der Waals surface area contributed by atoms with Gasteiger partial charge in [0.2, 0.25) is 5.91 Å². The van der Waals surface area contributed by atoms with Crippen LogP contribution in [0.1, 0.15) is 18.4 Å². The topological polar surface area (TPSA) is 99.9 Å². The maximum absolute atomic E-state index is 13.1. The molecular formula is C19H20F3N5O4S. The molecular weight excluding hydrogens is 451 g/mol. The maximum atomic E-state index is 13.1. The zero-order valence-electron chi connectivity index (χ0n) is 16.9. The third-order valence-electron chi connectivity index (χ3n) is 5.67. The molecule has 0 N–H and O–H groups in total. The molecule has 1 aromatic heterocycles. The average molecular weight is 471 g/mol. The quantitative estimate of drug-likeness (QED) is 0.498. The van der Waals surface area contributed by atoms with Crippen molar-refractivity contribution in [1.29, 1.82) is 0 Å². The van der Waals surface area contributed by atoms with E-state index in [2.05, 4.69) is 4.98 Å². The Bertz CT molecular complexity index is 1110. The fraction of sp³-hybridized carbons (Fsp3) is 0.526. The van der Waals surface area contributed by atoms with Crippen LogP contribution in [0.5, 0.6) is 0 Å². The molecule has 0 radical (unpaired) electrons. The number of benzene rings is 1. The van der Waals surface area contributed by atoms with Gasteiger partial charge in [-0.25, -0.2) is 0 Å². The van der Waals surface area contributed by atoms with Crippen molar-refractivity contribution >= 4 is 38.1 Å². The molecule has 0 bridgehead atoms. The molecule has 1 aromatic carbocycles. The highest BCUT2D eigenvalue weighted by molar-refractivity contribution is 7.22. The van der Waals surface area contributed by atoms with E-state index in [1.54, 1.807) is 4.90 Å². The van der Waals surface area contributed by atoms with E-state index >= 15 is 0 Å². The monoisotopic (exact) mass is 471 g/mol. The number of alkyl halides is 3. The number of amides is 1. The lowest BCUT2D eigenvalue weighted by Crippen LogP contribution is -2.50. The largest absolute Gasteiger partial charge is 0.416 e. The average Bonchev–Trinajstić information content (AvgIpc) is 3.28. The molecule has 9 nitrogen and oxygen atoms in total. The number of hydrogen-bond acceptors (Lipinski definition) is 8. The number of fused-ring (bicyclic) bond motifs is 1. The second kappa shape index (κ2) is 8.62. The van der Waals surface area contributed by atoms with Crippen molar-refractivity contribution in [2.75, 3.05) is 50.7 Å². The lowest BCUT2D eigenvalue weighted by Gasteiger charge is -2.35. The third-order valence-corrected chi connectivity index (χ3v) is 6.84. The lowest BCUT2D eigenvalue weighted by atomic mass is 10.1. The molecule has 2 fully saturated rings. The zero-order chi connectivity index (χ0) is 23.0. The molecule has 13 heteroatoms. The molecule has 0 atom stereocenters. The van der Waals surface area contributed by atoms with Crippen molar-refractivity contribution in [3.63, 3.8) is 0 Å². The normalized spacial score (nSPS) is 17.8. The summed E-state index contributed by atoms with van der Waals surface area (Å²) in [5, 5.41) is 11.2. The molecule has 0 saturated carbocycles. The van der Waals surface area contributed by atoms with Gasteiger partial charge in [-0.05, 0) is 18.9 Å². The summed E-state index contributed by atoms with van der Waals surface area (Å²) in [5.41, 5.74) is -2.96. The summed E-state index contributed by atoms with van der Waals surface area (Å²) >= 11 is 0.829. The molecule has 2 aliphatic rings. The number of likely N-dealkylation sites (tertiary alicyclic amines) is 1. The standard InChI is InChI=1S/C19H20F3N5O4S/c20-19(21,22)12-9-13-16(14(10-12)27(30)31)32-18(23-17(13)29)26-7-5-24(6-8-26)11-15(28)25-3-1-2-4-25/h9-10H,1-8,11H2. The first-order valence-electron chi connectivity index (χ1n) is 10.1. The smallest absolute Gasteiger partial charge is 0.345 e. The second-order valence-corrected chi connectivity index (χ2v) is 8.76. The van der Waals surface area contributed by atoms with Crippen LogP contribution in [-0.2, 0) is 11.0 Å². The Kier molecular flexibility index (Phi) is 6.03. The number of nitrogens with zero attached hydrogens (tertiary/aromatic N) is 5. The Balaban J connectivity index is 1.55. The van der Waals surface area contributed by atoms with Gasteiger partial charge in [0.05, 0.1) is 22.4 Å². The van der Waals surface area contributed by atoms with Crippen molar-refractivity contribution in [2.24, 2.45) is 0 Å².